The highest BCUT2D eigenvalue weighted by molar-refractivity contribution is 6.04. The lowest BCUT2D eigenvalue weighted by Gasteiger charge is -2.15. The van der Waals surface area contributed by atoms with Crippen molar-refractivity contribution in [2.75, 3.05) is 5.32 Å². The maximum atomic E-state index is 13.6. The highest BCUT2D eigenvalue weighted by atomic mass is 19.4. The highest BCUT2D eigenvalue weighted by Gasteiger charge is 2.48. The van der Waals surface area contributed by atoms with E-state index in [9.17, 15) is 26.7 Å². The predicted molar refractivity (Wildman–Crippen MR) is 92.6 cm³/mol. The first-order chi connectivity index (χ1) is 13.8. The Balaban J connectivity index is 1.60. The molecule has 1 amide bonds. The Labute approximate surface area is 162 Å². The van der Waals surface area contributed by atoms with Crippen molar-refractivity contribution in [2.24, 2.45) is 11.8 Å². The number of anilines is 1. The molecule has 1 saturated carbocycles. The van der Waals surface area contributed by atoms with Gasteiger partial charge in [0.1, 0.15) is 5.56 Å². The lowest BCUT2D eigenvalue weighted by atomic mass is 9.93. The third kappa shape index (κ3) is 3.58. The van der Waals surface area contributed by atoms with Gasteiger partial charge in [-0.05, 0) is 36.7 Å². The molecule has 2 aromatic rings. The van der Waals surface area contributed by atoms with Crippen LogP contribution in [0.3, 0.4) is 0 Å². The highest BCUT2D eigenvalue weighted by Crippen LogP contribution is 2.54. The van der Waals surface area contributed by atoms with Gasteiger partial charge in [-0.15, -0.1) is 0 Å². The quantitative estimate of drug-likeness (QED) is 0.755. The van der Waals surface area contributed by atoms with Gasteiger partial charge in [0, 0.05) is 5.57 Å². The average Bonchev–Trinajstić information content (AvgIpc) is 3.23. The van der Waals surface area contributed by atoms with Crippen LogP contribution in [-0.4, -0.2) is 27.0 Å². The third-order valence-corrected chi connectivity index (χ3v) is 5.41. The fourth-order valence-electron chi connectivity index (χ4n) is 4.21. The van der Waals surface area contributed by atoms with Crippen LogP contribution in [0.1, 0.15) is 41.7 Å². The van der Waals surface area contributed by atoms with Crippen molar-refractivity contribution in [1.29, 1.82) is 0 Å². The number of pyridine rings is 1. The second kappa shape index (κ2) is 7.16. The van der Waals surface area contributed by atoms with Crippen molar-refractivity contribution in [2.45, 2.75) is 31.9 Å². The summed E-state index contributed by atoms with van der Waals surface area (Å²) < 4.78 is 67.7. The van der Waals surface area contributed by atoms with Crippen LogP contribution in [0.4, 0.5) is 27.8 Å². The van der Waals surface area contributed by atoms with Crippen molar-refractivity contribution in [3.8, 4) is 0 Å². The van der Waals surface area contributed by atoms with E-state index in [1.807, 2.05) is 0 Å². The SMILES string of the molecule is O=C(Nc1cnc(C2=C(C(F)(F)F)CC3CCCC23)cn1)c1c(F)cncc1F. The number of halogens is 5. The van der Waals surface area contributed by atoms with E-state index in [-0.39, 0.29) is 35.3 Å². The maximum absolute atomic E-state index is 13.6. The van der Waals surface area contributed by atoms with Gasteiger partial charge in [-0.25, -0.2) is 13.8 Å². The first-order valence-corrected chi connectivity index (χ1v) is 8.98. The number of carbonyl (C=O) groups is 1. The molecule has 0 bridgehead atoms. The Morgan fingerprint density at radius 2 is 1.76 bits per heavy atom. The van der Waals surface area contributed by atoms with E-state index in [0.717, 1.165) is 25.2 Å². The molecule has 152 valence electrons. The zero-order chi connectivity index (χ0) is 20.8. The number of fused-ring (bicyclic) bond motifs is 1. The van der Waals surface area contributed by atoms with E-state index < -0.39 is 34.9 Å². The average molecular weight is 410 g/mol. The molecule has 2 unspecified atom stereocenters. The maximum Gasteiger partial charge on any atom is 0.413 e. The number of nitrogens with zero attached hydrogens (tertiary/aromatic N) is 3. The zero-order valence-corrected chi connectivity index (χ0v) is 14.9. The Morgan fingerprint density at radius 1 is 1.03 bits per heavy atom. The van der Waals surface area contributed by atoms with Crippen molar-refractivity contribution in [1.82, 2.24) is 15.0 Å². The summed E-state index contributed by atoms with van der Waals surface area (Å²) in [5.74, 6) is -3.78. The predicted octanol–water partition coefficient (Wildman–Crippen LogP) is 4.54. The molecule has 29 heavy (non-hydrogen) atoms. The molecule has 2 aliphatic carbocycles. The minimum absolute atomic E-state index is 0.0235. The van der Waals surface area contributed by atoms with Gasteiger partial charge in [-0.1, -0.05) is 6.42 Å². The van der Waals surface area contributed by atoms with Crippen molar-refractivity contribution in [3.63, 3.8) is 0 Å². The number of carbonyl (C=O) groups excluding carboxylic acids is 1. The summed E-state index contributed by atoms with van der Waals surface area (Å²) in [7, 11) is 0. The van der Waals surface area contributed by atoms with Gasteiger partial charge in [0.05, 0.1) is 30.5 Å². The van der Waals surface area contributed by atoms with Gasteiger partial charge in [0.15, 0.2) is 17.5 Å². The molecule has 2 aromatic heterocycles. The number of hydrogen-bond donors (Lipinski definition) is 1. The number of nitrogens with one attached hydrogen (secondary N) is 1. The van der Waals surface area contributed by atoms with E-state index >= 15 is 0 Å². The summed E-state index contributed by atoms with van der Waals surface area (Å²) in [6.07, 6.45) is 1.43. The number of allylic oxidation sites excluding steroid dienone is 2. The monoisotopic (exact) mass is 410 g/mol. The Kier molecular flexibility index (Phi) is 4.79. The fraction of sp³-hybridized carbons (Fsp3) is 0.368. The molecular formula is C19H15F5N4O. The van der Waals surface area contributed by atoms with Crippen molar-refractivity contribution >= 4 is 17.3 Å². The molecule has 2 atom stereocenters. The summed E-state index contributed by atoms with van der Waals surface area (Å²) in [6, 6.07) is 0. The first-order valence-electron chi connectivity index (χ1n) is 8.98. The summed E-state index contributed by atoms with van der Waals surface area (Å²) in [5.41, 5.74) is -1.14. The normalized spacial score (nSPS) is 21.4. The largest absolute Gasteiger partial charge is 0.413 e. The number of amides is 1. The number of aromatic nitrogens is 3. The van der Waals surface area contributed by atoms with E-state index in [1.54, 1.807) is 0 Å². The van der Waals surface area contributed by atoms with E-state index in [2.05, 4.69) is 20.3 Å². The van der Waals surface area contributed by atoms with Crippen LogP contribution in [0.2, 0.25) is 0 Å². The first kappa shape index (κ1) is 19.4. The van der Waals surface area contributed by atoms with E-state index in [0.29, 0.717) is 18.8 Å². The van der Waals surface area contributed by atoms with Crippen molar-refractivity contribution < 1.29 is 26.7 Å². The van der Waals surface area contributed by atoms with Crippen LogP contribution < -0.4 is 5.32 Å². The van der Waals surface area contributed by atoms with Crippen LogP contribution in [0.15, 0.2) is 30.4 Å². The van der Waals surface area contributed by atoms with E-state index in [1.165, 1.54) is 0 Å². The number of hydrogen-bond acceptors (Lipinski definition) is 4. The second-order valence-electron chi connectivity index (χ2n) is 7.11. The van der Waals surface area contributed by atoms with Crippen LogP contribution in [0.25, 0.3) is 5.57 Å². The van der Waals surface area contributed by atoms with E-state index in [4.69, 9.17) is 0 Å². The van der Waals surface area contributed by atoms with Gasteiger partial charge in [-0.2, -0.15) is 13.2 Å². The summed E-state index contributed by atoms with van der Waals surface area (Å²) >= 11 is 0. The molecule has 0 saturated heterocycles. The molecule has 2 aliphatic rings. The molecule has 0 spiro atoms. The van der Waals surface area contributed by atoms with Gasteiger partial charge in [0.2, 0.25) is 0 Å². The molecule has 10 heteroatoms. The Bertz CT molecular complexity index is 967. The van der Waals surface area contributed by atoms with Gasteiger partial charge in [-0.3, -0.25) is 14.8 Å². The molecule has 5 nitrogen and oxygen atoms in total. The number of rotatable bonds is 3. The molecule has 1 N–H and O–H groups in total. The van der Waals surface area contributed by atoms with Gasteiger partial charge < -0.3 is 5.32 Å². The molecule has 0 radical (unpaired) electrons. The second-order valence-corrected chi connectivity index (χ2v) is 7.11. The lowest BCUT2D eigenvalue weighted by molar-refractivity contribution is -0.0933. The minimum atomic E-state index is -4.44. The smallest absolute Gasteiger partial charge is 0.305 e. The molecule has 0 aromatic carbocycles. The summed E-state index contributed by atoms with van der Waals surface area (Å²) in [5, 5.41) is 2.19. The fourth-order valence-corrected chi connectivity index (χ4v) is 4.21. The van der Waals surface area contributed by atoms with Gasteiger partial charge >= 0.3 is 6.18 Å². The molecule has 4 rings (SSSR count). The lowest BCUT2D eigenvalue weighted by Crippen LogP contribution is -2.17. The van der Waals surface area contributed by atoms with Crippen molar-refractivity contribution in [3.05, 3.63) is 53.3 Å². The summed E-state index contributed by atoms with van der Waals surface area (Å²) in [4.78, 5) is 23.3. The molecular weight excluding hydrogens is 395 g/mol. The van der Waals surface area contributed by atoms with Crippen LogP contribution in [-0.2, 0) is 0 Å². The molecule has 1 fully saturated rings. The Morgan fingerprint density at radius 3 is 2.38 bits per heavy atom. The number of alkyl halides is 3. The standard InChI is InChI=1S/C19H15F5N4O/c20-12-5-25-6-13(21)17(12)18(29)28-15-8-26-14(7-27-15)16-10-3-1-2-9(10)4-11(16)19(22,23)24/h5-10H,1-4H2,(H,27,28,29). The summed E-state index contributed by atoms with van der Waals surface area (Å²) in [6.45, 7) is 0. The topological polar surface area (TPSA) is 67.8 Å². The van der Waals surface area contributed by atoms with Crippen LogP contribution in [0, 0.1) is 23.5 Å². The third-order valence-electron chi connectivity index (χ3n) is 5.41. The molecule has 2 heterocycles. The minimum Gasteiger partial charge on any atom is -0.305 e. The van der Waals surface area contributed by atoms with Gasteiger partial charge in [0.25, 0.3) is 5.91 Å². The molecule has 0 aliphatic heterocycles. The Hall–Kier alpha value is -2.91. The van der Waals surface area contributed by atoms with Crippen LogP contribution in [0.5, 0.6) is 0 Å². The van der Waals surface area contributed by atoms with Crippen LogP contribution >= 0.6 is 0 Å². The zero-order valence-electron chi connectivity index (χ0n) is 14.9.